The number of carboxylic acids is 1. The summed E-state index contributed by atoms with van der Waals surface area (Å²) in [6, 6.07) is -2.29. The second-order valence-electron chi connectivity index (χ2n) is 15.3. The molecule has 0 bridgehead atoms. The molecule has 0 aromatic carbocycles. The first-order valence-electron chi connectivity index (χ1n) is 20.7. The molecule has 0 aromatic rings. The molecule has 6 N–H and O–H groups in total. The van der Waals surface area contributed by atoms with Gasteiger partial charge in [0, 0.05) is 19.4 Å². The van der Waals surface area contributed by atoms with Crippen LogP contribution in [0, 0.1) is 5.92 Å². The quantitative estimate of drug-likeness (QED) is 0.0466. The zero-order valence-corrected chi connectivity index (χ0v) is 33.0. The van der Waals surface area contributed by atoms with Crippen LogP contribution in [0.25, 0.3) is 0 Å². The summed E-state index contributed by atoms with van der Waals surface area (Å²) in [6.45, 7) is 7.90. The Morgan fingerprint density at radius 1 is 0.692 bits per heavy atom. The van der Waals surface area contributed by atoms with Crippen molar-refractivity contribution in [2.24, 2.45) is 5.92 Å². The van der Waals surface area contributed by atoms with E-state index in [-0.39, 0.29) is 37.5 Å². The Morgan fingerprint density at radius 3 is 1.67 bits per heavy atom. The fourth-order valence-electron chi connectivity index (χ4n) is 6.87. The van der Waals surface area contributed by atoms with Crippen LogP contribution < -0.4 is 10.6 Å². The monoisotopic (exact) mass is 742 g/mol. The number of aliphatic hydroxyl groups excluding tert-OH is 3. The molecule has 52 heavy (non-hydrogen) atoms. The van der Waals surface area contributed by atoms with Gasteiger partial charge in [0.2, 0.25) is 17.7 Å². The van der Waals surface area contributed by atoms with Crippen molar-refractivity contribution in [1.29, 1.82) is 0 Å². The summed E-state index contributed by atoms with van der Waals surface area (Å²) in [7, 11) is 0. The molecule has 0 aliphatic carbocycles. The van der Waals surface area contributed by atoms with Crippen LogP contribution in [0.2, 0.25) is 0 Å². The van der Waals surface area contributed by atoms with Crippen LogP contribution >= 0.6 is 0 Å². The third kappa shape index (κ3) is 20.3. The van der Waals surface area contributed by atoms with Gasteiger partial charge in [-0.2, -0.15) is 0 Å². The second kappa shape index (κ2) is 29.1. The van der Waals surface area contributed by atoms with Crippen LogP contribution in [0.1, 0.15) is 175 Å². The first-order valence-corrected chi connectivity index (χ1v) is 20.7. The van der Waals surface area contributed by atoms with Crippen molar-refractivity contribution >= 4 is 23.7 Å². The molecular formula is C40H75N3O9. The number of aliphatic carboxylic acids is 1. The van der Waals surface area contributed by atoms with Crippen LogP contribution in [0.4, 0.5) is 0 Å². The van der Waals surface area contributed by atoms with E-state index in [2.05, 4.69) is 24.5 Å². The van der Waals surface area contributed by atoms with Crippen molar-refractivity contribution < 1.29 is 44.3 Å². The number of carboxylic acid groups (broad SMARTS) is 1. The lowest BCUT2D eigenvalue weighted by Gasteiger charge is -2.47. The van der Waals surface area contributed by atoms with Gasteiger partial charge in [-0.05, 0) is 25.2 Å². The van der Waals surface area contributed by atoms with E-state index in [1.54, 1.807) is 4.90 Å². The predicted octanol–water partition coefficient (Wildman–Crippen LogP) is 5.98. The molecule has 1 saturated heterocycles. The highest BCUT2D eigenvalue weighted by atomic mass is 16.5. The summed E-state index contributed by atoms with van der Waals surface area (Å²) in [5, 5.41) is 46.6. The zero-order valence-electron chi connectivity index (χ0n) is 33.0. The average Bonchev–Trinajstić information content (AvgIpc) is 3.10. The Kier molecular flexibility index (Phi) is 26.7. The van der Waals surface area contributed by atoms with Gasteiger partial charge in [-0.25, -0.2) is 0 Å². The molecule has 1 fully saturated rings. The van der Waals surface area contributed by atoms with Crippen molar-refractivity contribution in [2.45, 2.75) is 212 Å². The summed E-state index contributed by atoms with van der Waals surface area (Å²) in [4.78, 5) is 52.8. The van der Waals surface area contributed by atoms with Gasteiger partial charge in [0.25, 0.3) is 0 Å². The molecule has 12 heteroatoms. The topological polar surface area (TPSA) is 186 Å². The molecule has 3 amide bonds. The molecule has 1 aliphatic rings. The Bertz CT molecular complexity index is 982. The Morgan fingerprint density at radius 2 is 1.19 bits per heavy atom. The van der Waals surface area contributed by atoms with Gasteiger partial charge in [0.1, 0.15) is 30.4 Å². The number of nitrogens with zero attached hydrogens (tertiary/aromatic N) is 1. The number of amides is 3. The lowest BCUT2D eigenvalue weighted by molar-refractivity contribution is -0.231. The van der Waals surface area contributed by atoms with Crippen molar-refractivity contribution in [1.82, 2.24) is 15.5 Å². The molecule has 0 spiro atoms. The number of rotatable bonds is 31. The van der Waals surface area contributed by atoms with Gasteiger partial charge < -0.3 is 40.7 Å². The number of ether oxygens (including phenoxy) is 1. The number of carbonyl (C=O) groups is 4. The second-order valence-corrected chi connectivity index (χ2v) is 15.3. The first-order chi connectivity index (χ1) is 25.0. The van der Waals surface area contributed by atoms with E-state index >= 15 is 0 Å². The smallest absolute Gasteiger partial charge is 0.303 e. The number of unbranched alkanes of at least 4 members (excludes halogenated alkanes) is 17. The number of hydrogen-bond donors (Lipinski definition) is 6. The Hall–Kier alpha value is -2.28. The average molecular weight is 742 g/mol. The highest BCUT2D eigenvalue weighted by molar-refractivity contribution is 5.89. The highest BCUT2D eigenvalue weighted by Gasteiger charge is 2.48. The highest BCUT2D eigenvalue weighted by Crippen LogP contribution is 2.26. The number of hydrogen-bond acceptors (Lipinski definition) is 8. The maximum absolute atomic E-state index is 13.9. The van der Waals surface area contributed by atoms with Crippen LogP contribution in [-0.4, -0.2) is 98.8 Å². The summed E-state index contributed by atoms with van der Waals surface area (Å²) in [5.74, 6) is -2.57. The number of aliphatic hydroxyl groups is 3. The van der Waals surface area contributed by atoms with E-state index < -0.39 is 61.0 Å². The third-order valence-electron chi connectivity index (χ3n) is 10.0. The molecule has 304 valence electrons. The molecule has 1 rings (SSSR count). The minimum absolute atomic E-state index is 0.0195. The van der Waals surface area contributed by atoms with Crippen LogP contribution in [-0.2, 0) is 23.9 Å². The minimum Gasteiger partial charge on any atom is -0.481 e. The molecule has 0 radical (unpaired) electrons. The van der Waals surface area contributed by atoms with Crippen molar-refractivity contribution in [3.05, 3.63) is 0 Å². The standard InChI is InChI=1S/C40H75N3O9/c1-5-7-9-11-13-15-17-19-21-23-27-43(34(46)24-22-20-18-16-14-12-10-8-6-2)40-36(38(50)37(49)32(29-44)52-40)42-39(51)31(28-30(3)4)41-33(45)25-26-35(47)48/h30-32,36-38,40,44,49-50H,5-29H2,1-4H3,(H,41,45)(H,42,51)(H,47,48)/t31-,32+,36+,37+,38+,40+/m0/s1. The normalized spacial score (nSPS) is 20.8. The van der Waals surface area contributed by atoms with Crippen LogP contribution in [0.15, 0.2) is 0 Å². The third-order valence-corrected chi connectivity index (χ3v) is 10.0. The van der Waals surface area contributed by atoms with E-state index in [9.17, 15) is 34.5 Å². The largest absolute Gasteiger partial charge is 0.481 e. The van der Waals surface area contributed by atoms with Gasteiger partial charge in [-0.15, -0.1) is 0 Å². The summed E-state index contributed by atoms with van der Waals surface area (Å²) in [5.41, 5.74) is 0. The van der Waals surface area contributed by atoms with Crippen molar-refractivity contribution in [3.8, 4) is 0 Å². The van der Waals surface area contributed by atoms with E-state index in [0.29, 0.717) is 19.4 Å². The summed E-state index contributed by atoms with van der Waals surface area (Å²) >= 11 is 0. The summed E-state index contributed by atoms with van der Waals surface area (Å²) < 4.78 is 6.13. The van der Waals surface area contributed by atoms with Gasteiger partial charge >= 0.3 is 5.97 Å². The fourth-order valence-corrected chi connectivity index (χ4v) is 6.87. The molecular weight excluding hydrogens is 666 g/mol. The van der Waals surface area contributed by atoms with Gasteiger partial charge in [0.15, 0.2) is 6.23 Å². The van der Waals surface area contributed by atoms with Gasteiger partial charge in [-0.1, -0.05) is 137 Å². The van der Waals surface area contributed by atoms with Crippen LogP contribution in [0.3, 0.4) is 0 Å². The van der Waals surface area contributed by atoms with Gasteiger partial charge in [0.05, 0.1) is 13.0 Å². The Balaban J connectivity index is 3.11. The Labute approximate surface area is 314 Å². The lowest BCUT2D eigenvalue weighted by Crippen LogP contribution is -2.70. The van der Waals surface area contributed by atoms with E-state index in [0.717, 1.165) is 38.5 Å². The zero-order chi connectivity index (χ0) is 38.7. The minimum atomic E-state index is -1.57. The van der Waals surface area contributed by atoms with Crippen LogP contribution in [0.5, 0.6) is 0 Å². The molecule has 1 aliphatic heterocycles. The first kappa shape index (κ1) is 47.7. The maximum atomic E-state index is 13.9. The molecule has 0 saturated carbocycles. The van der Waals surface area contributed by atoms with E-state index in [4.69, 9.17) is 9.84 Å². The number of carbonyl (C=O) groups excluding carboxylic acids is 3. The molecule has 6 atom stereocenters. The maximum Gasteiger partial charge on any atom is 0.303 e. The number of nitrogens with one attached hydrogen (secondary N) is 2. The van der Waals surface area contributed by atoms with Crippen molar-refractivity contribution in [2.75, 3.05) is 13.2 Å². The van der Waals surface area contributed by atoms with E-state index in [1.165, 1.54) is 70.6 Å². The van der Waals surface area contributed by atoms with Crippen molar-refractivity contribution in [3.63, 3.8) is 0 Å². The summed E-state index contributed by atoms with van der Waals surface area (Å²) in [6.07, 6.45) is 15.5. The lowest BCUT2D eigenvalue weighted by atomic mass is 9.94. The SMILES string of the molecule is CCCCCCCCCCCCN(C(=O)CCCCCCCCCCC)[C@@H]1O[C@H](CO)[C@@H](O)[C@H](O)[C@H]1NC(=O)[C@H](CC(C)C)NC(=O)CCC(=O)O. The molecule has 0 aromatic heterocycles. The van der Waals surface area contributed by atoms with Gasteiger partial charge in [-0.3, -0.25) is 19.2 Å². The molecule has 0 unspecified atom stereocenters. The fraction of sp³-hybridized carbons (Fsp3) is 0.900. The van der Waals surface area contributed by atoms with E-state index in [1.807, 2.05) is 13.8 Å². The predicted molar refractivity (Wildman–Crippen MR) is 203 cm³/mol. The molecule has 1 heterocycles. The molecule has 12 nitrogen and oxygen atoms in total.